The Bertz CT molecular complexity index is 2460. The summed E-state index contributed by atoms with van der Waals surface area (Å²) in [5.74, 6) is 0. The van der Waals surface area contributed by atoms with E-state index in [0.717, 1.165) is 61.6 Å². The van der Waals surface area contributed by atoms with E-state index < -0.39 is 0 Å². The summed E-state index contributed by atoms with van der Waals surface area (Å²) >= 11 is 0. The van der Waals surface area contributed by atoms with Crippen LogP contribution in [0.2, 0.25) is 0 Å². The third-order valence-electron chi connectivity index (χ3n) is 8.79. The third-order valence-corrected chi connectivity index (χ3v) is 8.79. The molecule has 46 heavy (non-hydrogen) atoms. The Hall–Kier alpha value is -6.26. The molecular weight excluding hydrogens is 560 g/mol. The van der Waals surface area contributed by atoms with E-state index >= 15 is 0 Å². The van der Waals surface area contributed by atoms with E-state index in [1.807, 2.05) is 24.4 Å². The van der Waals surface area contributed by atoms with E-state index in [0.29, 0.717) is 0 Å². The Labute approximate surface area is 266 Å². The van der Waals surface area contributed by atoms with Gasteiger partial charge in [-0.15, -0.1) is 0 Å². The monoisotopic (exact) mass is 588 g/mol. The van der Waals surface area contributed by atoms with Gasteiger partial charge in [0.2, 0.25) is 0 Å². The first kappa shape index (κ1) is 26.2. The Morgan fingerprint density at radius 3 is 1.80 bits per heavy atom. The average molecular weight is 589 g/mol. The zero-order valence-corrected chi connectivity index (χ0v) is 25.0. The summed E-state index contributed by atoms with van der Waals surface area (Å²) < 4.78 is 4.20. The lowest BCUT2D eigenvalue weighted by molar-refractivity contribution is 0.979. The number of fused-ring (bicyclic) bond motifs is 4. The predicted octanol–water partition coefficient (Wildman–Crippen LogP) is 10.5. The first-order valence-corrected chi connectivity index (χ1v) is 15.5. The molecule has 216 valence electrons. The van der Waals surface area contributed by atoms with Crippen LogP contribution in [0.4, 0.5) is 0 Å². The Balaban J connectivity index is 1.16. The van der Waals surface area contributed by atoms with Gasteiger partial charge >= 0.3 is 0 Å². The van der Waals surface area contributed by atoms with Gasteiger partial charge in [-0.1, -0.05) is 140 Å². The summed E-state index contributed by atoms with van der Waals surface area (Å²) in [6.07, 6.45) is 4.10. The van der Waals surface area contributed by atoms with Gasteiger partial charge in [-0.3, -0.25) is 0 Å². The minimum atomic E-state index is 0.948. The van der Waals surface area contributed by atoms with E-state index in [9.17, 15) is 0 Å². The normalized spacial score (nSPS) is 11.5. The SMILES string of the molecule is c1ccc(-c2nn3c(-c4ccc(-c5ccc(-c6cn7ccccc7n6)cc5)cc4)cc4ccccc4c3c2-c2ccccc2)cc1. The largest absolute Gasteiger partial charge is 0.306 e. The van der Waals surface area contributed by atoms with Crippen molar-refractivity contribution >= 4 is 21.9 Å². The summed E-state index contributed by atoms with van der Waals surface area (Å²) in [5.41, 5.74) is 13.0. The first-order chi connectivity index (χ1) is 22.8. The van der Waals surface area contributed by atoms with Crippen molar-refractivity contribution in [1.82, 2.24) is 19.0 Å². The van der Waals surface area contributed by atoms with Crippen LogP contribution in [0.3, 0.4) is 0 Å². The molecule has 0 saturated heterocycles. The molecule has 0 amide bonds. The van der Waals surface area contributed by atoms with Gasteiger partial charge in [0.15, 0.2) is 0 Å². The van der Waals surface area contributed by atoms with Gasteiger partial charge in [0.05, 0.1) is 16.9 Å². The van der Waals surface area contributed by atoms with Gasteiger partial charge in [0.25, 0.3) is 0 Å². The van der Waals surface area contributed by atoms with Crippen molar-refractivity contribution in [3.63, 3.8) is 0 Å². The van der Waals surface area contributed by atoms with Crippen molar-refractivity contribution in [3.05, 3.63) is 170 Å². The van der Waals surface area contributed by atoms with E-state index in [1.54, 1.807) is 0 Å². The maximum absolute atomic E-state index is 5.33. The summed E-state index contributed by atoms with van der Waals surface area (Å²) in [5, 5.41) is 7.70. The summed E-state index contributed by atoms with van der Waals surface area (Å²) in [7, 11) is 0. The van der Waals surface area contributed by atoms with Crippen LogP contribution >= 0.6 is 0 Å². The highest BCUT2D eigenvalue weighted by molar-refractivity contribution is 6.08. The number of imidazole rings is 1. The van der Waals surface area contributed by atoms with Crippen LogP contribution < -0.4 is 0 Å². The summed E-state index contributed by atoms with van der Waals surface area (Å²) in [6.45, 7) is 0. The minimum absolute atomic E-state index is 0.948. The molecule has 0 spiro atoms. The molecule has 4 heterocycles. The van der Waals surface area contributed by atoms with Gasteiger partial charge < -0.3 is 4.40 Å². The molecule has 0 aliphatic carbocycles. The second-order valence-corrected chi connectivity index (χ2v) is 11.6. The molecule has 4 heteroatoms. The van der Waals surface area contributed by atoms with Gasteiger partial charge in [-0.2, -0.15) is 5.10 Å². The number of nitrogens with zero attached hydrogens (tertiary/aromatic N) is 4. The lowest BCUT2D eigenvalue weighted by Crippen LogP contribution is -1.96. The molecule has 0 aliphatic heterocycles. The molecular formula is C42H28N4. The fourth-order valence-electron chi connectivity index (χ4n) is 6.51. The Morgan fingerprint density at radius 1 is 0.478 bits per heavy atom. The molecule has 0 radical (unpaired) electrons. The maximum Gasteiger partial charge on any atom is 0.137 e. The average Bonchev–Trinajstić information content (AvgIpc) is 3.75. The maximum atomic E-state index is 5.33. The van der Waals surface area contributed by atoms with Crippen molar-refractivity contribution < 1.29 is 0 Å². The van der Waals surface area contributed by atoms with Crippen LogP contribution in [0.15, 0.2) is 170 Å². The molecule has 0 saturated carbocycles. The zero-order chi connectivity index (χ0) is 30.5. The molecule has 5 aromatic carbocycles. The highest BCUT2D eigenvalue weighted by atomic mass is 15.2. The highest BCUT2D eigenvalue weighted by Crippen LogP contribution is 2.41. The van der Waals surface area contributed by atoms with Crippen LogP contribution in [-0.2, 0) is 0 Å². The molecule has 0 atom stereocenters. The first-order valence-electron chi connectivity index (χ1n) is 15.5. The van der Waals surface area contributed by atoms with Gasteiger partial charge in [0.1, 0.15) is 11.3 Å². The third kappa shape index (κ3) is 4.39. The number of benzene rings is 5. The minimum Gasteiger partial charge on any atom is -0.306 e. The lowest BCUT2D eigenvalue weighted by Gasteiger charge is -2.11. The van der Waals surface area contributed by atoms with E-state index in [2.05, 4.69) is 155 Å². The van der Waals surface area contributed by atoms with Crippen molar-refractivity contribution in [1.29, 1.82) is 0 Å². The van der Waals surface area contributed by atoms with E-state index in [-0.39, 0.29) is 0 Å². The molecule has 4 aromatic heterocycles. The lowest BCUT2D eigenvalue weighted by atomic mass is 9.96. The molecule has 0 unspecified atom stereocenters. The highest BCUT2D eigenvalue weighted by Gasteiger charge is 2.21. The van der Waals surface area contributed by atoms with Crippen molar-refractivity contribution in [3.8, 4) is 56.0 Å². The number of rotatable bonds is 5. The molecule has 0 bridgehead atoms. The van der Waals surface area contributed by atoms with Crippen molar-refractivity contribution in [2.24, 2.45) is 0 Å². The number of hydrogen-bond donors (Lipinski definition) is 0. The second kappa shape index (κ2) is 10.7. The van der Waals surface area contributed by atoms with Crippen LogP contribution in [0.5, 0.6) is 0 Å². The van der Waals surface area contributed by atoms with Gasteiger partial charge in [-0.25, -0.2) is 9.50 Å². The second-order valence-electron chi connectivity index (χ2n) is 11.6. The zero-order valence-electron chi connectivity index (χ0n) is 25.0. The molecule has 0 aliphatic rings. The molecule has 9 rings (SSSR count). The Morgan fingerprint density at radius 2 is 1.09 bits per heavy atom. The van der Waals surface area contributed by atoms with Crippen LogP contribution in [0.25, 0.3) is 78.0 Å². The van der Waals surface area contributed by atoms with Crippen LogP contribution in [0, 0.1) is 0 Å². The molecule has 9 aromatic rings. The summed E-state index contributed by atoms with van der Waals surface area (Å²) in [4.78, 5) is 4.78. The van der Waals surface area contributed by atoms with Gasteiger partial charge in [0, 0.05) is 40.0 Å². The van der Waals surface area contributed by atoms with Crippen molar-refractivity contribution in [2.75, 3.05) is 0 Å². The van der Waals surface area contributed by atoms with Crippen LogP contribution in [-0.4, -0.2) is 19.0 Å². The van der Waals surface area contributed by atoms with Crippen molar-refractivity contribution in [2.45, 2.75) is 0 Å². The quantitative estimate of drug-likeness (QED) is 0.200. The molecule has 0 N–H and O–H groups in total. The standard InChI is InChI=1S/C42H28N4/c1-3-11-33(12-4-1)40-41(34-13-5-2-6-14-34)44-46-38(27-35-15-7-8-16-36(35)42(40)46)32-24-20-30(21-25-32)29-18-22-31(23-19-29)37-28-45-26-10-9-17-39(45)43-37/h1-28H. The summed E-state index contributed by atoms with van der Waals surface area (Å²) in [6, 6.07) is 55.5. The number of hydrogen-bond acceptors (Lipinski definition) is 2. The number of pyridine rings is 2. The molecule has 4 nitrogen and oxygen atoms in total. The number of aromatic nitrogens is 4. The smallest absolute Gasteiger partial charge is 0.137 e. The van der Waals surface area contributed by atoms with Crippen LogP contribution in [0.1, 0.15) is 0 Å². The fourth-order valence-corrected chi connectivity index (χ4v) is 6.51. The fraction of sp³-hybridized carbons (Fsp3) is 0. The molecule has 0 fully saturated rings. The van der Waals surface area contributed by atoms with E-state index in [1.165, 1.54) is 16.3 Å². The van der Waals surface area contributed by atoms with Gasteiger partial charge in [-0.05, 0) is 40.3 Å². The topological polar surface area (TPSA) is 34.6 Å². The van der Waals surface area contributed by atoms with E-state index in [4.69, 9.17) is 10.1 Å². The predicted molar refractivity (Wildman–Crippen MR) is 189 cm³/mol. The Kier molecular flexibility index (Phi) is 6.10.